The van der Waals surface area contributed by atoms with Crippen molar-refractivity contribution in [3.05, 3.63) is 15.9 Å². The summed E-state index contributed by atoms with van der Waals surface area (Å²) in [5, 5.41) is 10.5. The lowest BCUT2D eigenvalue weighted by atomic mass is 10.1. The molecule has 0 aliphatic carbocycles. The Morgan fingerprint density at radius 1 is 1.52 bits per heavy atom. The van der Waals surface area contributed by atoms with Gasteiger partial charge in [0.2, 0.25) is 0 Å². The minimum absolute atomic E-state index is 0. The molecule has 1 fully saturated rings. The topological polar surface area (TPSA) is 61.0 Å². The van der Waals surface area contributed by atoms with Crippen molar-refractivity contribution >= 4 is 34.2 Å². The molecule has 0 saturated carbocycles. The molecule has 1 saturated heterocycles. The van der Waals surface area contributed by atoms with Gasteiger partial charge in [0.15, 0.2) is 5.69 Å². The molecule has 1 unspecified atom stereocenters. The maximum Gasteiger partial charge on any atom is 0.275 e. The Bertz CT molecular complexity index is 472. The molecule has 1 aromatic rings. The van der Waals surface area contributed by atoms with E-state index in [1.54, 1.807) is 0 Å². The largest absolute Gasteiger partial charge is 0.333 e. The highest BCUT2D eigenvalue weighted by Gasteiger charge is 2.30. The van der Waals surface area contributed by atoms with E-state index in [9.17, 15) is 4.79 Å². The fraction of sp³-hybridized carbons (Fsp3) is 0.714. The van der Waals surface area contributed by atoms with Gasteiger partial charge in [-0.2, -0.15) is 5.10 Å². The molecule has 2 rings (SSSR count). The molecule has 0 spiro atoms. The maximum absolute atomic E-state index is 12.8. The van der Waals surface area contributed by atoms with E-state index in [1.165, 1.54) is 0 Å². The van der Waals surface area contributed by atoms with Gasteiger partial charge in [0.1, 0.15) is 0 Å². The highest BCUT2D eigenvalue weighted by Crippen LogP contribution is 2.27. The standard InChI is InChI=1S/C14H23BrN4O.ClH/c1-4-7-19(10-5-6-16-8-10)14(20)13-11(15)12(9(2)3)17-18-13;/h9-10,16H,4-8H2,1-3H3,(H,17,18);1H. The Morgan fingerprint density at radius 2 is 2.24 bits per heavy atom. The molecule has 7 heteroatoms. The van der Waals surface area contributed by atoms with Gasteiger partial charge in [-0.25, -0.2) is 0 Å². The summed E-state index contributed by atoms with van der Waals surface area (Å²) in [6.07, 6.45) is 1.98. The Morgan fingerprint density at radius 3 is 2.71 bits per heavy atom. The van der Waals surface area contributed by atoms with E-state index in [-0.39, 0.29) is 24.4 Å². The second-order valence-corrected chi connectivity index (χ2v) is 6.39. The Balaban J connectivity index is 0.00000220. The number of nitrogens with zero attached hydrogens (tertiary/aromatic N) is 2. The SMILES string of the molecule is CCCN(C(=O)c1n[nH]c(C(C)C)c1Br)C1CCNC1.Cl. The molecule has 1 aliphatic rings. The zero-order valence-electron chi connectivity index (χ0n) is 12.8. The summed E-state index contributed by atoms with van der Waals surface area (Å²) in [6, 6.07) is 0.286. The molecule has 120 valence electrons. The molecular formula is C14H24BrClN4O. The van der Waals surface area contributed by atoms with Crippen LogP contribution in [-0.2, 0) is 0 Å². The smallest absolute Gasteiger partial charge is 0.275 e. The first-order valence-electron chi connectivity index (χ1n) is 7.31. The lowest BCUT2D eigenvalue weighted by Crippen LogP contribution is -2.42. The number of aromatic nitrogens is 2. The van der Waals surface area contributed by atoms with Crippen molar-refractivity contribution in [2.75, 3.05) is 19.6 Å². The molecule has 5 nitrogen and oxygen atoms in total. The first-order chi connectivity index (χ1) is 9.56. The predicted molar refractivity (Wildman–Crippen MR) is 90.2 cm³/mol. The van der Waals surface area contributed by atoms with E-state index < -0.39 is 0 Å². The molecule has 1 aromatic heterocycles. The molecule has 2 heterocycles. The summed E-state index contributed by atoms with van der Waals surface area (Å²) in [5.41, 5.74) is 1.49. The molecule has 1 aliphatic heterocycles. The molecule has 0 aromatic carbocycles. The second kappa shape index (κ2) is 8.15. The van der Waals surface area contributed by atoms with Gasteiger partial charge in [0.05, 0.1) is 10.2 Å². The van der Waals surface area contributed by atoms with Crippen LogP contribution in [0.1, 0.15) is 55.7 Å². The molecule has 0 bridgehead atoms. The quantitative estimate of drug-likeness (QED) is 0.827. The summed E-state index contributed by atoms with van der Waals surface area (Å²) in [7, 11) is 0. The summed E-state index contributed by atoms with van der Waals surface area (Å²) in [6.45, 7) is 8.90. The van der Waals surface area contributed by atoms with Crippen LogP contribution >= 0.6 is 28.3 Å². The van der Waals surface area contributed by atoms with Gasteiger partial charge in [-0.05, 0) is 41.2 Å². The lowest BCUT2D eigenvalue weighted by Gasteiger charge is -2.27. The number of rotatable bonds is 5. The van der Waals surface area contributed by atoms with E-state index in [0.29, 0.717) is 11.6 Å². The number of hydrogen-bond acceptors (Lipinski definition) is 3. The number of carbonyl (C=O) groups excluding carboxylic acids is 1. The first-order valence-corrected chi connectivity index (χ1v) is 8.11. The highest BCUT2D eigenvalue weighted by molar-refractivity contribution is 9.10. The van der Waals surface area contributed by atoms with E-state index in [4.69, 9.17) is 0 Å². The maximum atomic E-state index is 12.8. The van der Waals surface area contributed by atoms with E-state index in [1.807, 2.05) is 4.90 Å². The average molecular weight is 380 g/mol. The monoisotopic (exact) mass is 378 g/mol. The van der Waals surface area contributed by atoms with Crippen molar-refractivity contribution in [3.63, 3.8) is 0 Å². The zero-order valence-corrected chi connectivity index (χ0v) is 15.2. The van der Waals surface area contributed by atoms with Crippen LogP contribution in [0.2, 0.25) is 0 Å². The van der Waals surface area contributed by atoms with Crippen LogP contribution in [0.3, 0.4) is 0 Å². The van der Waals surface area contributed by atoms with Crippen LogP contribution < -0.4 is 5.32 Å². The molecule has 1 amide bonds. The summed E-state index contributed by atoms with van der Waals surface area (Å²) < 4.78 is 0.810. The van der Waals surface area contributed by atoms with Crippen molar-refractivity contribution in [1.29, 1.82) is 0 Å². The van der Waals surface area contributed by atoms with Crippen molar-refractivity contribution in [3.8, 4) is 0 Å². The predicted octanol–water partition coefficient (Wildman–Crippen LogP) is 2.93. The van der Waals surface area contributed by atoms with Gasteiger partial charge >= 0.3 is 0 Å². The van der Waals surface area contributed by atoms with Gasteiger partial charge in [-0.3, -0.25) is 9.89 Å². The third-order valence-electron chi connectivity index (χ3n) is 3.71. The normalized spacial score (nSPS) is 17.9. The number of carbonyl (C=O) groups is 1. The van der Waals surface area contributed by atoms with Crippen LogP contribution in [-0.4, -0.2) is 46.7 Å². The minimum Gasteiger partial charge on any atom is -0.333 e. The van der Waals surface area contributed by atoms with Crippen LogP contribution in [0.25, 0.3) is 0 Å². The first kappa shape index (κ1) is 18.5. The van der Waals surface area contributed by atoms with Crippen LogP contribution in [0.5, 0.6) is 0 Å². The third-order valence-corrected chi connectivity index (χ3v) is 4.52. The second-order valence-electron chi connectivity index (χ2n) is 5.60. The minimum atomic E-state index is 0. The van der Waals surface area contributed by atoms with E-state index in [0.717, 1.165) is 42.6 Å². The molecule has 21 heavy (non-hydrogen) atoms. The Kier molecular flexibility index (Phi) is 7.16. The number of aromatic amines is 1. The fourth-order valence-corrected chi connectivity index (χ4v) is 3.40. The average Bonchev–Trinajstić information content (AvgIpc) is 3.04. The van der Waals surface area contributed by atoms with Crippen molar-refractivity contribution < 1.29 is 4.79 Å². The van der Waals surface area contributed by atoms with Crippen LogP contribution in [0.15, 0.2) is 4.47 Å². The summed E-state index contributed by atoms with van der Waals surface area (Å²) in [4.78, 5) is 14.7. The van der Waals surface area contributed by atoms with Crippen molar-refractivity contribution in [1.82, 2.24) is 20.4 Å². The van der Waals surface area contributed by atoms with E-state index >= 15 is 0 Å². The third kappa shape index (κ3) is 3.99. The molecule has 2 N–H and O–H groups in total. The fourth-order valence-electron chi connectivity index (χ4n) is 2.60. The summed E-state index contributed by atoms with van der Waals surface area (Å²) in [5.74, 6) is 0.335. The number of hydrogen-bond donors (Lipinski definition) is 2. The molecule has 0 radical (unpaired) electrons. The highest BCUT2D eigenvalue weighted by atomic mass is 79.9. The van der Waals surface area contributed by atoms with Gasteiger partial charge in [-0.15, -0.1) is 12.4 Å². The Labute approximate surface area is 140 Å². The van der Waals surface area contributed by atoms with Gasteiger partial charge in [-0.1, -0.05) is 20.8 Å². The van der Waals surface area contributed by atoms with E-state index in [2.05, 4.69) is 52.2 Å². The van der Waals surface area contributed by atoms with Crippen molar-refractivity contribution in [2.24, 2.45) is 0 Å². The van der Waals surface area contributed by atoms with Gasteiger partial charge < -0.3 is 10.2 Å². The van der Waals surface area contributed by atoms with Gasteiger partial charge in [0, 0.05) is 19.1 Å². The Hall–Kier alpha value is -0.590. The molecular weight excluding hydrogens is 356 g/mol. The zero-order chi connectivity index (χ0) is 14.7. The number of amides is 1. The van der Waals surface area contributed by atoms with Crippen LogP contribution in [0.4, 0.5) is 0 Å². The number of H-pyrrole nitrogens is 1. The van der Waals surface area contributed by atoms with Crippen LogP contribution in [0, 0.1) is 0 Å². The number of halogens is 2. The van der Waals surface area contributed by atoms with Gasteiger partial charge in [0.25, 0.3) is 5.91 Å². The summed E-state index contributed by atoms with van der Waals surface area (Å²) >= 11 is 3.52. The lowest BCUT2D eigenvalue weighted by molar-refractivity contribution is 0.0685. The number of nitrogens with one attached hydrogen (secondary N) is 2. The van der Waals surface area contributed by atoms with Crippen molar-refractivity contribution in [2.45, 2.75) is 45.6 Å². The molecule has 1 atom stereocenters.